The lowest BCUT2D eigenvalue weighted by atomic mass is 9.71. The minimum Gasteiger partial charge on any atom is -0.466 e. The van der Waals surface area contributed by atoms with Gasteiger partial charge in [0.2, 0.25) is 0 Å². The number of hydrogen-bond donors (Lipinski definition) is 0. The van der Waals surface area contributed by atoms with Crippen LogP contribution >= 0.6 is 0 Å². The van der Waals surface area contributed by atoms with Crippen LogP contribution in [0.3, 0.4) is 0 Å². The third-order valence-corrected chi connectivity index (χ3v) is 5.27. The molecule has 1 aromatic rings. The van der Waals surface area contributed by atoms with Gasteiger partial charge >= 0.3 is 5.97 Å². The number of aromatic nitrogens is 3. The van der Waals surface area contributed by atoms with E-state index in [1.807, 2.05) is 25.2 Å². The van der Waals surface area contributed by atoms with E-state index >= 15 is 0 Å². The number of allylic oxidation sites excluding steroid dienone is 9. The largest absolute Gasteiger partial charge is 0.466 e. The quantitative estimate of drug-likeness (QED) is 0.389. The van der Waals surface area contributed by atoms with Gasteiger partial charge in [-0.1, -0.05) is 49.8 Å². The van der Waals surface area contributed by atoms with E-state index < -0.39 is 0 Å². The Balaban J connectivity index is 2.18. The number of carbonyl (C=O) groups is 1. The summed E-state index contributed by atoms with van der Waals surface area (Å²) >= 11 is 0. The standard InChI is InChI=1S/C23H31N3O2/c1-17(8-7-9-18(2)14-22(27)28-6)10-11-20-19(3)21(12-13-23(20,4)5)26-15-24-25-16-26/h7-11,14-16,21H,12-13H2,1-6H3/b9-7+,11-10+,17-8+,18-14+/t21-/m1/s1. The Hall–Kier alpha value is -2.69. The lowest BCUT2D eigenvalue weighted by Gasteiger charge is -2.37. The molecular weight excluding hydrogens is 350 g/mol. The van der Waals surface area contributed by atoms with Gasteiger partial charge in [-0.25, -0.2) is 4.79 Å². The zero-order valence-electron chi connectivity index (χ0n) is 17.8. The average molecular weight is 382 g/mol. The maximum absolute atomic E-state index is 11.2. The van der Waals surface area contributed by atoms with Crippen molar-refractivity contribution in [1.82, 2.24) is 14.8 Å². The number of carbonyl (C=O) groups excluding carboxylic acids is 1. The van der Waals surface area contributed by atoms with E-state index in [1.54, 1.807) is 12.7 Å². The van der Waals surface area contributed by atoms with Crippen molar-refractivity contribution in [2.75, 3.05) is 7.11 Å². The highest BCUT2D eigenvalue weighted by atomic mass is 16.5. The van der Waals surface area contributed by atoms with Crippen molar-refractivity contribution in [2.45, 2.75) is 53.5 Å². The third-order valence-electron chi connectivity index (χ3n) is 5.27. The van der Waals surface area contributed by atoms with E-state index in [0.29, 0.717) is 6.04 Å². The van der Waals surface area contributed by atoms with Crippen LogP contribution < -0.4 is 0 Å². The number of nitrogens with zero attached hydrogens (tertiary/aromatic N) is 3. The second kappa shape index (κ2) is 9.49. The summed E-state index contributed by atoms with van der Waals surface area (Å²) in [7, 11) is 1.38. The molecule has 0 fully saturated rings. The SMILES string of the molecule is COC(=O)/C=C(C)/C=C/C=C(C)/C=C/C1=C(C)[C@H](n2cnnc2)CCC1(C)C. The van der Waals surface area contributed by atoms with Gasteiger partial charge in [-0.2, -0.15) is 0 Å². The van der Waals surface area contributed by atoms with Crippen molar-refractivity contribution in [3.63, 3.8) is 0 Å². The van der Waals surface area contributed by atoms with Crippen molar-refractivity contribution >= 4 is 5.97 Å². The molecule has 1 atom stereocenters. The smallest absolute Gasteiger partial charge is 0.330 e. The number of rotatable bonds is 6. The fraction of sp³-hybridized carbons (Fsp3) is 0.435. The van der Waals surface area contributed by atoms with Crippen LogP contribution in [0.25, 0.3) is 0 Å². The summed E-state index contributed by atoms with van der Waals surface area (Å²) in [6.45, 7) is 10.8. The van der Waals surface area contributed by atoms with E-state index in [9.17, 15) is 4.79 Å². The molecule has 0 radical (unpaired) electrons. The van der Waals surface area contributed by atoms with E-state index in [0.717, 1.165) is 24.0 Å². The fourth-order valence-corrected chi connectivity index (χ4v) is 3.58. The molecule has 0 spiro atoms. The van der Waals surface area contributed by atoms with Gasteiger partial charge in [-0.05, 0) is 55.7 Å². The summed E-state index contributed by atoms with van der Waals surface area (Å²) in [5, 5.41) is 7.92. The topological polar surface area (TPSA) is 57.0 Å². The highest BCUT2D eigenvalue weighted by molar-refractivity contribution is 5.83. The van der Waals surface area contributed by atoms with Gasteiger partial charge in [0, 0.05) is 6.08 Å². The number of hydrogen-bond acceptors (Lipinski definition) is 4. The molecule has 1 aromatic heterocycles. The molecule has 0 N–H and O–H groups in total. The van der Waals surface area contributed by atoms with E-state index in [-0.39, 0.29) is 11.4 Å². The van der Waals surface area contributed by atoms with Gasteiger partial charge in [0.25, 0.3) is 0 Å². The van der Waals surface area contributed by atoms with Gasteiger partial charge < -0.3 is 9.30 Å². The molecule has 1 heterocycles. The van der Waals surface area contributed by atoms with Gasteiger partial charge in [-0.3, -0.25) is 0 Å². The second-order valence-electron chi connectivity index (χ2n) is 7.96. The summed E-state index contributed by atoms with van der Waals surface area (Å²) in [4.78, 5) is 11.2. The molecule has 0 aromatic carbocycles. The Kier molecular flexibility index (Phi) is 7.32. The van der Waals surface area contributed by atoms with Gasteiger partial charge in [-0.15, -0.1) is 10.2 Å². The van der Waals surface area contributed by atoms with Crippen LogP contribution in [0.1, 0.15) is 53.5 Å². The van der Waals surface area contributed by atoms with E-state index in [1.165, 1.54) is 24.3 Å². The van der Waals surface area contributed by atoms with Crippen LogP contribution in [0.4, 0.5) is 0 Å². The molecule has 0 bridgehead atoms. The number of ether oxygens (including phenoxy) is 1. The molecule has 150 valence electrons. The average Bonchev–Trinajstić information content (AvgIpc) is 3.15. The van der Waals surface area contributed by atoms with E-state index in [4.69, 9.17) is 0 Å². The predicted octanol–water partition coefficient (Wildman–Crippen LogP) is 5.13. The Morgan fingerprint density at radius 1 is 1.21 bits per heavy atom. The summed E-state index contributed by atoms with van der Waals surface area (Å²) in [6.07, 6.45) is 17.6. The normalized spacial score (nSPS) is 21.0. The molecule has 28 heavy (non-hydrogen) atoms. The van der Waals surface area contributed by atoms with Crippen LogP contribution in [-0.2, 0) is 9.53 Å². The van der Waals surface area contributed by atoms with Crippen molar-refractivity contribution in [1.29, 1.82) is 0 Å². The molecule has 1 aliphatic carbocycles. The minimum atomic E-state index is -0.340. The minimum absolute atomic E-state index is 0.140. The first-order chi connectivity index (χ1) is 13.2. The number of methoxy groups -OCH3 is 1. The lowest BCUT2D eigenvalue weighted by Crippen LogP contribution is -2.25. The van der Waals surface area contributed by atoms with Crippen LogP contribution in [0.2, 0.25) is 0 Å². The van der Waals surface area contributed by atoms with Crippen molar-refractivity contribution in [2.24, 2.45) is 5.41 Å². The lowest BCUT2D eigenvalue weighted by molar-refractivity contribution is -0.134. The Labute approximate surface area is 168 Å². The first kappa shape index (κ1) is 21.6. The molecule has 0 saturated carbocycles. The first-order valence-corrected chi connectivity index (χ1v) is 9.59. The zero-order valence-corrected chi connectivity index (χ0v) is 17.8. The molecule has 0 unspecified atom stereocenters. The highest BCUT2D eigenvalue weighted by Crippen LogP contribution is 2.45. The van der Waals surface area contributed by atoms with Crippen molar-refractivity contribution in [3.05, 3.63) is 71.4 Å². The first-order valence-electron chi connectivity index (χ1n) is 9.59. The van der Waals surface area contributed by atoms with Crippen LogP contribution in [0.5, 0.6) is 0 Å². The number of esters is 1. The molecule has 0 amide bonds. The molecule has 0 saturated heterocycles. The maximum Gasteiger partial charge on any atom is 0.330 e. The fourth-order valence-electron chi connectivity index (χ4n) is 3.58. The Bertz CT molecular complexity index is 837. The summed E-state index contributed by atoms with van der Waals surface area (Å²) < 4.78 is 6.73. The summed E-state index contributed by atoms with van der Waals surface area (Å²) in [5.41, 5.74) is 4.87. The van der Waals surface area contributed by atoms with Gasteiger partial charge in [0.1, 0.15) is 12.7 Å². The third kappa shape index (κ3) is 5.65. The zero-order chi connectivity index (χ0) is 20.7. The van der Waals surface area contributed by atoms with Crippen LogP contribution in [-0.4, -0.2) is 27.8 Å². The van der Waals surface area contributed by atoms with Crippen molar-refractivity contribution < 1.29 is 9.53 Å². The molecular formula is C23H31N3O2. The van der Waals surface area contributed by atoms with Crippen LogP contribution in [0.15, 0.2) is 71.4 Å². The summed E-state index contributed by atoms with van der Waals surface area (Å²) in [5.74, 6) is -0.340. The van der Waals surface area contributed by atoms with Crippen molar-refractivity contribution in [3.8, 4) is 0 Å². The molecule has 5 heteroatoms. The molecule has 2 rings (SSSR count). The molecule has 5 nitrogen and oxygen atoms in total. The predicted molar refractivity (Wildman–Crippen MR) is 113 cm³/mol. The highest BCUT2D eigenvalue weighted by Gasteiger charge is 2.32. The molecule has 0 aliphatic heterocycles. The van der Waals surface area contributed by atoms with E-state index in [2.05, 4.69) is 59.3 Å². The maximum atomic E-state index is 11.2. The van der Waals surface area contributed by atoms with Gasteiger partial charge in [0.15, 0.2) is 0 Å². The monoisotopic (exact) mass is 381 g/mol. The molecule has 1 aliphatic rings. The summed E-state index contributed by atoms with van der Waals surface area (Å²) in [6, 6.07) is 0.318. The van der Waals surface area contributed by atoms with Gasteiger partial charge in [0.05, 0.1) is 13.2 Å². The second-order valence-corrected chi connectivity index (χ2v) is 7.96. The van der Waals surface area contributed by atoms with Crippen LogP contribution in [0, 0.1) is 5.41 Å². The Morgan fingerprint density at radius 2 is 1.89 bits per heavy atom. The Morgan fingerprint density at radius 3 is 2.54 bits per heavy atom.